The predicted molar refractivity (Wildman–Crippen MR) is 147 cm³/mol. The Hall–Kier alpha value is -2.60. The fourth-order valence-corrected chi connectivity index (χ4v) is 5.54. The minimum Gasteiger partial charge on any atom is -0.508 e. The number of hydrogen-bond acceptors (Lipinski definition) is 5. The first-order valence-corrected chi connectivity index (χ1v) is 13.4. The number of hydrogen-bond donors (Lipinski definition) is 1. The van der Waals surface area contributed by atoms with Gasteiger partial charge in [0, 0.05) is 32.8 Å². The maximum Gasteiger partial charge on any atom is 0.119 e. The number of aromatic hydroxyl groups is 1. The van der Waals surface area contributed by atoms with Crippen molar-refractivity contribution < 1.29 is 14.6 Å². The Morgan fingerprint density at radius 3 is 2.53 bits per heavy atom. The van der Waals surface area contributed by atoms with E-state index in [1.165, 1.54) is 23.1 Å². The zero-order chi connectivity index (χ0) is 25.3. The summed E-state index contributed by atoms with van der Waals surface area (Å²) in [6.45, 7) is 7.39. The molecule has 2 aliphatic rings. The molecule has 2 unspecified atom stereocenters. The molecule has 1 N–H and O–H groups in total. The molecule has 0 saturated heterocycles. The van der Waals surface area contributed by atoms with Crippen molar-refractivity contribution in [2.24, 2.45) is 11.8 Å². The summed E-state index contributed by atoms with van der Waals surface area (Å²) in [5.74, 6) is 2.41. The van der Waals surface area contributed by atoms with E-state index in [1.54, 1.807) is 7.11 Å². The first-order chi connectivity index (χ1) is 17.6. The molecule has 0 saturated carbocycles. The predicted octanol–water partition coefficient (Wildman–Crippen LogP) is 5.09. The van der Waals surface area contributed by atoms with Crippen LogP contribution >= 0.6 is 0 Å². The molecule has 0 fully saturated rings. The second kappa shape index (κ2) is 13.1. The molecule has 194 valence electrons. The van der Waals surface area contributed by atoms with Gasteiger partial charge in [0.2, 0.25) is 0 Å². The standard InChI is InChI=1S/C31H42N2O3/c1-4-33(23-24-9-15-29(16-10-24)36-20-18-32(2)17-19-35-3)31-8-6-5-7-30(31)27-12-11-26-22-28(34)14-13-25(26)21-27/h5-10,13-16,22,27,30-31,34H,4,11-12,17-21,23H2,1-3H3/t27-,30?,31?/m1/s1. The van der Waals surface area contributed by atoms with Crippen LogP contribution in [0.2, 0.25) is 0 Å². The fraction of sp³-hybridized carbons (Fsp3) is 0.484. The van der Waals surface area contributed by atoms with Gasteiger partial charge in [-0.25, -0.2) is 0 Å². The van der Waals surface area contributed by atoms with Gasteiger partial charge in [-0.3, -0.25) is 4.90 Å². The smallest absolute Gasteiger partial charge is 0.119 e. The average Bonchev–Trinajstić information content (AvgIpc) is 2.91. The maximum absolute atomic E-state index is 9.86. The van der Waals surface area contributed by atoms with Crippen molar-refractivity contribution in [1.82, 2.24) is 9.80 Å². The second-order valence-electron chi connectivity index (χ2n) is 10.1. The molecule has 2 aromatic rings. The Morgan fingerprint density at radius 2 is 1.75 bits per heavy atom. The molecule has 0 bridgehead atoms. The van der Waals surface area contributed by atoms with Crippen molar-refractivity contribution in [2.75, 3.05) is 47.0 Å². The van der Waals surface area contributed by atoms with Gasteiger partial charge in [-0.15, -0.1) is 0 Å². The number of allylic oxidation sites excluding steroid dienone is 2. The number of benzene rings is 2. The van der Waals surface area contributed by atoms with Gasteiger partial charge >= 0.3 is 0 Å². The van der Waals surface area contributed by atoms with Crippen LogP contribution in [-0.2, 0) is 24.1 Å². The van der Waals surface area contributed by atoms with E-state index in [9.17, 15) is 5.11 Å². The van der Waals surface area contributed by atoms with Crippen molar-refractivity contribution in [3.8, 4) is 11.5 Å². The number of phenols is 1. The van der Waals surface area contributed by atoms with Gasteiger partial charge in [-0.2, -0.15) is 0 Å². The van der Waals surface area contributed by atoms with Crippen LogP contribution in [0.4, 0.5) is 0 Å². The van der Waals surface area contributed by atoms with Gasteiger partial charge in [-0.05, 0) is 85.6 Å². The molecule has 0 aromatic heterocycles. The Balaban J connectivity index is 1.34. The van der Waals surface area contributed by atoms with Gasteiger partial charge < -0.3 is 19.5 Å². The third kappa shape index (κ3) is 7.00. The third-order valence-electron chi connectivity index (χ3n) is 7.70. The Kier molecular flexibility index (Phi) is 9.62. The van der Waals surface area contributed by atoms with Crippen molar-refractivity contribution >= 4 is 0 Å². The molecule has 5 heteroatoms. The van der Waals surface area contributed by atoms with E-state index in [2.05, 4.69) is 78.4 Å². The number of ether oxygens (including phenoxy) is 2. The summed E-state index contributed by atoms with van der Waals surface area (Å²) in [6.07, 6.45) is 12.5. The lowest BCUT2D eigenvalue weighted by Crippen LogP contribution is -2.43. The molecule has 2 aromatic carbocycles. The van der Waals surface area contributed by atoms with Crippen LogP contribution in [0.3, 0.4) is 0 Å². The number of likely N-dealkylation sites (N-methyl/N-ethyl adjacent to an activating group) is 2. The van der Waals surface area contributed by atoms with Crippen LogP contribution in [0.5, 0.6) is 11.5 Å². The molecule has 0 radical (unpaired) electrons. The van der Waals surface area contributed by atoms with Gasteiger partial charge in [0.1, 0.15) is 18.1 Å². The van der Waals surface area contributed by atoms with Crippen LogP contribution in [0, 0.1) is 11.8 Å². The van der Waals surface area contributed by atoms with E-state index in [0.717, 1.165) is 51.4 Å². The van der Waals surface area contributed by atoms with Crippen LogP contribution in [0.15, 0.2) is 66.8 Å². The summed E-state index contributed by atoms with van der Waals surface area (Å²) in [7, 11) is 3.82. The zero-order valence-corrected chi connectivity index (χ0v) is 22.1. The van der Waals surface area contributed by atoms with Crippen molar-refractivity contribution in [1.29, 1.82) is 0 Å². The van der Waals surface area contributed by atoms with E-state index >= 15 is 0 Å². The normalized spacial score (nSPS) is 21.2. The van der Waals surface area contributed by atoms with Gasteiger partial charge in [0.05, 0.1) is 6.61 Å². The van der Waals surface area contributed by atoms with Crippen LogP contribution in [0.1, 0.15) is 30.0 Å². The lowest BCUT2D eigenvalue weighted by Gasteiger charge is -2.40. The highest BCUT2D eigenvalue weighted by Gasteiger charge is 2.33. The van der Waals surface area contributed by atoms with Crippen molar-refractivity contribution in [2.45, 2.75) is 38.8 Å². The number of rotatable bonds is 12. The molecule has 0 heterocycles. The van der Waals surface area contributed by atoms with E-state index in [4.69, 9.17) is 9.47 Å². The summed E-state index contributed by atoms with van der Waals surface area (Å²) in [5, 5.41) is 9.86. The number of fused-ring (bicyclic) bond motifs is 1. The summed E-state index contributed by atoms with van der Waals surface area (Å²) in [4.78, 5) is 4.81. The van der Waals surface area contributed by atoms with Crippen molar-refractivity contribution in [3.05, 3.63) is 83.5 Å². The van der Waals surface area contributed by atoms with Gasteiger partial charge in [-0.1, -0.05) is 49.4 Å². The lowest BCUT2D eigenvalue weighted by atomic mass is 9.73. The highest BCUT2D eigenvalue weighted by molar-refractivity contribution is 5.37. The summed E-state index contributed by atoms with van der Waals surface area (Å²) < 4.78 is 11.1. The number of nitrogens with zero attached hydrogens (tertiary/aromatic N) is 2. The van der Waals surface area contributed by atoms with Crippen molar-refractivity contribution in [3.63, 3.8) is 0 Å². The topological polar surface area (TPSA) is 45.2 Å². The SMILES string of the molecule is CCN(Cc1ccc(OCCN(C)CCOC)cc1)C1C=CC=CC1[C@@H]1CCc2cc(O)ccc2C1. The molecule has 0 amide bonds. The molecule has 0 spiro atoms. The lowest BCUT2D eigenvalue weighted by molar-refractivity contribution is 0.150. The average molecular weight is 491 g/mol. The molecule has 3 atom stereocenters. The monoisotopic (exact) mass is 490 g/mol. The molecule has 4 rings (SSSR count). The highest BCUT2D eigenvalue weighted by Crippen LogP contribution is 2.37. The Labute approximate surface area is 217 Å². The highest BCUT2D eigenvalue weighted by atomic mass is 16.5. The van der Waals surface area contributed by atoms with Crippen LogP contribution in [-0.4, -0.2) is 68.0 Å². The molecule has 36 heavy (non-hydrogen) atoms. The fourth-order valence-electron chi connectivity index (χ4n) is 5.54. The van der Waals surface area contributed by atoms with Gasteiger partial charge in [0.25, 0.3) is 0 Å². The first-order valence-electron chi connectivity index (χ1n) is 13.4. The second-order valence-corrected chi connectivity index (χ2v) is 10.1. The zero-order valence-electron chi connectivity index (χ0n) is 22.1. The van der Waals surface area contributed by atoms with Crippen LogP contribution < -0.4 is 4.74 Å². The van der Waals surface area contributed by atoms with E-state index in [-0.39, 0.29) is 0 Å². The molecule has 2 aliphatic carbocycles. The van der Waals surface area contributed by atoms with Crippen LogP contribution in [0.25, 0.3) is 0 Å². The quantitative estimate of drug-likeness (QED) is 0.449. The largest absolute Gasteiger partial charge is 0.508 e. The minimum absolute atomic E-state index is 0.383. The molecular weight excluding hydrogens is 448 g/mol. The maximum atomic E-state index is 9.86. The van der Waals surface area contributed by atoms with E-state index in [1.807, 2.05) is 12.1 Å². The van der Waals surface area contributed by atoms with E-state index < -0.39 is 0 Å². The van der Waals surface area contributed by atoms with E-state index in [0.29, 0.717) is 30.2 Å². The van der Waals surface area contributed by atoms with Gasteiger partial charge in [0.15, 0.2) is 0 Å². The Bertz CT molecular complexity index is 1020. The molecular formula is C31H42N2O3. The minimum atomic E-state index is 0.383. The summed E-state index contributed by atoms with van der Waals surface area (Å²) in [6, 6.07) is 14.9. The number of aryl methyl sites for hydroxylation is 1. The Morgan fingerprint density at radius 1 is 0.972 bits per heavy atom. The molecule has 0 aliphatic heterocycles. The molecule has 5 nitrogen and oxygen atoms in total. The summed E-state index contributed by atoms with van der Waals surface area (Å²) in [5.41, 5.74) is 4.02. The third-order valence-corrected chi connectivity index (χ3v) is 7.70. The number of methoxy groups -OCH3 is 1. The first kappa shape index (κ1) is 26.5. The number of phenolic OH excluding ortho intramolecular Hbond substituents is 1. The summed E-state index contributed by atoms with van der Waals surface area (Å²) >= 11 is 0.